The van der Waals surface area contributed by atoms with Crippen molar-refractivity contribution in [2.24, 2.45) is 4.99 Å². The van der Waals surface area contributed by atoms with Gasteiger partial charge in [0, 0.05) is 17.9 Å². The second kappa shape index (κ2) is 6.44. The molecule has 1 N–H and O–H groups in total. The van der Waals surface area contributed by atoms with Crippen LogP contribution in [0.1, 0.15) is 10.5 Å². The summed E-state index contributed by atoms with van der Waals surface area (Å²) in [6.07, 6.45) is 0. The lowest BCUT2D eigenvalue weighted by molar-refractivity contribution is 0.0969. The highest BCUT2D eigenvalue weighted by atomic mass is 32.2. The van der Waals surface area contributed by atoms with E-state index in [0.29, 0.717) is 28.7 Å². The standard InChI is InChI=1S/C16H16N4O4S2/c1-24-11-4-2-3-10(9-11)12-13(14(21)19-15-17-5-7-25-15)20-6-8-26(22,23)16(20)18-12/h2-4,9H,5-8H2,1H3,(H,17,19,21). The van der Waals surface area contributed by atoms with Crippen LogP contribution in [0.5, 0.6) is 5.75 Å². The van der Waals surface area contributed by atoms with Crippen molar-refractivity contribution < 1.29 is 17.9 Å². The summed E-state index contributed by atoms with van der Waals surface area (Å²) in [7, 11) is -1.95. The van der Waals surface area contributed by atoms with Gasteiger partial charge in [0.1, 0.15) is 17.1 Å². The Morgan fingerprint density at radius 3 is 2.96 bits per heavy atom. The topological polar surface area (TPSA) is 103 Å². The molecule has 136 valence electrons. The highest BCUT2D eigenvalue weighted by molar-refractivity contribution is 8.14. The van der Waals surface area contributed by atoms with E-state index in [4.69, 9.17) is 4.74 Å². The van der Waals surface area contributed by atoms with E-state index in [2.05, 4.69) is 15.3 Å². The molecule has 2 aromatic rings. The van der Waals surface area contributed by atoms with Gasteiger partial charge >= 0.3 is 0 Å². The summed E-state index contributed by atoms with van der Waals surface area (Å²) in [4.78, 5) is 21.4. The summed E-state index contributed by atoms with van der Waals surface area (Å²) in [5, 5.41) is 3.24. The normalized spacial score (nSPS) is 17.7. The molecule has 0 radical (unpaired) electrons. The number of carbonyl (C=O) groups is 1. The molecule has 1 aromatic carbocycles. The number of sulfone groups is 1. The second-order valence-corrected chi connectivity index (χ2v) is 8.87. The predicted molar refractivity (Wildman–Crippen MR) is 98.5 cm³/mol. The summed E-state index contributed by atoms with van der Waals surface area (Å²) < 4.78 is 31.2. The molecule has 0 fully saturated rings. The second-order valence-electron chi connectivity index (χ2n) is 5.78. The number of imidazole rings is 1. The SMILES string of the molecule is COc1cccc(-c2nc3n(c2C(=O)NC2=NCCS2)CCS3(=O)=O)c1. The van der Waals surface area contributed by atoms with Gasteiger partial charge in [0.05, 0.1) is 19.4 Å². The number of aromatic nitrogens is 2. The number of rotatable bonds is 3. The van der Waals surface area contributed by atoms with Gasteiger partial charge in [-0.15, -0.1) is 0 Å². The number of nitrogens with zero attached hydrogens (tertiary/aromatic N) is 3. The third-order valence-corrected chi connectivity index (χ3v) is 6.64. The smallest absolute Gasteiger partial charge is 0.276 e. The van der Waals surface area contributed by atoms with Crippen molar-refractivity contribution in [2.75, 3.05) is 25.2 Å². The molecule has 0 bridgehead atoms. The zero-order valence-corrected chi connectivity index (χ0v) is 15.6. The molecule has 0 atom stereocenters. The molecule has 26 heavy (non-hydrogen) atoms. The van der Waals surface area contributed by atoms with Crippen LogP contribution in [0.4, 0.5) is 0 Å². The van der Waals surface area contributed by atoms with Crippen molar-refractivity contribution in [3.63, 3.8) is 0 Å². The molecule has 0 aliphatic carbocycles. The number of amides is 1. The number of hydrogen-bond acceptors (Lipinski definition) is 7. The van der Waals surface area contributed by atoms with E-state index in [0.717, 1.165) is 5.75 Å². The first-order valence-corrected chi connectivity index (χ1v) is 10.6. The Hall–Kier alpha value is -2.33. The van der Waals surface area contributed by atoms with Crippen molar-refractivity contribution in [1.82, 2.24) is 14.9 Å². The van der Waals surface area contributed by atoms with E-state index >= 15 is 0 Å². The number of ether oxygens (including phenoxy) is 1. The first kappa shape index (κ1) is 17.1. The van der Waals surface area contributed by atoms with Crippen LogP contribution in [0.15, 0.2) is 34.4 Å². The average Bonchev–Trinajstić information content (AvgIpc) is 3.33. The van der Waals surface area contributed by atoms with E-state index in [1.54, 1.807) is 31.4 Å². The van der Waals surface area contributed by atoms with Gasteiger partial charge in [0.2, 0.25) is 15.0 Å². The number of aliphatic imine (C=N–C) groups is 1. The fraction of sp³-hybridized carbons (Fsp3) is 0.312. The van der Waals surface area contributed by atoms with Crippen LogP contribution in [-0.4, -0.2) is 54.2 Å². The summed E-state index contributed by atoms with van der Waals surface area (Å²) in [6, 6.07) is 7.04. The molecular weight excluding hydrogens is 376 g/mol. The fourth-order valence-electron chi connectivity index (χ4n) is 2.95. The Labute approximate surface area is 154 Å². The van der Waals surface area contributed by atoms with Gasteiger partial charge in [-0.2, -0.15) is 0 Å². The van der Waals surface area contributed by atoms with Gasteiger partial charge < -0.3 is 9.30 Å². The van der Waals surface area contributed by atoms with E-state index in [1.165, 1.54) is 16.3 Å². The molecule has 10 heteroatoms. The van der Waals surface area contributed by atoms with Crippen molar-refractivity contribution in [3.05, 3.63) is 30.0 Å². The minimum atomic E-state index is -3.49. The van der Waals surface area contributed by atoms with Gasteiger partial charge in [-0.1, -0.05) is 23.9 Å². The van der Waals surface area contributed by atoms with Gasteiger partial charge in [-0.3, -0.25) is 15.1 Å². The zero-order chi connectivity index (χ0) is 18.3. The number of carbonyl (C=O) groups excluding carboxylic acids is 1. The lowest BCUT2D eigenvalue weighted by Crippen LogP contribution is -2.29. The number of methoxy groups -OCH3 is 1. The number of benzene rings is 1. The van der Waals surface area contributed by atoms with Crippen LogP contribution in [0, 0.1) is 0 Å². The van der Waals surface area contributed by atoms with E-state index in [1.807, 2.05) is 0 Å². The van der Waals surface area contributed by atoms with Gasteiger partial charge in [0.15, 0.2) is 5.17 Å². The number of amidine groups is 1. The van der Waals surface area contributed by atoms with E-state index < -0.39 is 15.7 Å². The Balaban J connectivity index is 1.84. The molecule has 3 heterocycles. The maximum Gasteiger partial charge on any atom is 0.276 e. The Kier molecular flexibility index (Phi) is 4.23. The maximum absolute atomic E-state index is 12.9. The Bertz CT molecular complexity index is 1030. The van der Waals surface area contributed by atoms with Gasteiger partial charge in [-0.25, -0.2) is 13.4 Å². The summed E-state index contributed by atoms with van der Waals surface area (Å²) in [6.45, 7) is 0.860. The zero-order valence-electron chi connectivity index (χ0n) is 13.9. The number of fused-ring (bicyclic) bond motifs is 1. The van der Waals surface area contributed by atoms with Crippen LogP contribution >= 0.6 is 11.8 Å². The molecule has 2 aliphatic heterocycles. The summed E-state index contributed by atoms with van der Waals surface area (Å²) in [5.41, 5.74) is 1.17. The predicted octanol–water partition coefficient (Wildman–Crippen LogP) is 1.18. The third kappa shape index (κ3) is 2.88. The monoisotopic (exact) mass is 392 g/mol. The molecule has 0 saturated carbocycles. The van der Waals surface area contributed by atoms with Crippen LogP contribution in [-0.2, 0) is 16.4 Å². The number of thioether (sulfide) groups is 1. The highest BCUT2D eigenvalue weighted by Crippen LogP contribution is 2.32. The maximum atomic E-state index is 12.9. The molecule has 0 saturated heterocycles. The molecule has 0 spiro atoms. The van der Waals surface area contributed by atoms with Crippen molar-refractivity contribution in [2.45, 2.75) is 11.7 Å². The van der Waals surface area contributed by atoms with Crippen LogP contribution in [0.3, 0.4) is 0 Å². The van der Waals surface area contributed by atoms with Crippen LogP contribution < -0.4 is 10.1 Å². The lowest BCUT2D eigenvalue weighted by Gasteiger charge is -2.09. The van der Waals surface area contributed by atoms with Crippen LogP contribution in [0.25, 0.3) is 11.3 Å². The third-order valence-electron chi connectivity index (χ3n) is 4.16. The average molecular weight is 392 g/mol. The quantitative estimate of drug-likeness (QED) is 0.841. The number of hydrogen-bond donors (Lipinski definition) is 1. The van der Waals surface area contributed by atoms with E-state index in [-0.39, 0.29) is 23.1 Å². The summed E-state index contributed by atoms with van der Waals surface area (Å²) >= 11 is 1.46. The largest absolute Gasteiger partial charge is 0.497 e. The molecule has 1 aromatic heterocycles. The fourth-order valence-corrected chi connectivity index (χ4v) is 5.03. The number of nitrogens with one attached hydrogen (secondary N) is 1. The molecule has 4 rings (SSSR count). The van der Waals surface area contributed by atoms with Crippen molar-refractivity contribution in [3.8, 4) is 17.0 Å². The van der Waals surface area contributed by atoms with E-state index in [9.17, 15) is 13.2 Å². The molecular formula is C16H16N4O4S2. The molecule has 8 nitrogen and oxygen atoms in total. The van der Waals surface area contributed by atoms with Crippen molar-refractivity contribution >= 4 is 32.7 Å². The highest BCUT2D eigenvalue weighted by Gasteiger charge is 2.36. The minimum Gasteiger partial charge on any atom is -0.497 e. The van der Waals surface area contributed by atoms with Crippen LogP contribution in [0.2, 0.25) is 0 Å². The Morgan fingerprint density at radius 2 is 2.23 bits per heavy atom. The first-order chi connectivity index (χ1) is 12.5. The van der Waals surface area contributed by atoms with Gasteiger partial charge in [-0.05, 0) is 12.1 Å². The summed E-state index contributed by atoms with van der Waals surface area (Å²) in [5.74, 6) is 0.952. The van der Waals surface area contributed by atoms with Gasteiger partial charge in [0.25, 0.3) is 5.91 Å². The first-order valence-electron chi connectivity index (χ1n) is 7.96. The molecule has 0 unspecified atom stereocenters. The molecule has 1 amide bonds. The molecule has 2 aliphatic rings. The Morgan fingerprint density at radius 1 is 1.38 bits per heavy atom. The minimum absolute atomic E-state index is 0.0519. The van der Waals surface area contributed by atoms with Crippen molar-refractivity contribution in [1.29, 1.82) is 0 Å². The lowest BCUT2D eigenvalue weighted by atomic mass is 10.1.